The maximum absolute atomic E-state index is 5.96. The molecule has 6 nitrogen and oxygen atoms in total. The summed E-state index contributed by atoms with van der Waals surface area (Å²) in [6, 6.07) is 13.5. The summed E-state index contributed by atoms with van der Waals surface area (Å²) < 4.78 is 0. The Labute approximate surface area is 144 Å². The zero-order chi connectivity index (χ0) is 17.2. The van der Waals surface area contributed by atoms with Gasteiger partial charge in [-0.25, -0.2) is 4.98 Å². The number of H-pyrrole nitrogens is 1. The molecule has 2 heterocycles. The number of fused-ring (bicyclic) bond motifs is 1. The van der Waals surface area contributed by atoms with Gasteiger partial charge in [-0.2, -0.15) is 0 Å². The van der Waals surface area contributed by atoms with Crippen molar-refractivity contribution in [3.05, 3.63) is 71.9 Å². The molecule has 0 unspecified atom stereocenters. The zero-order valence-corrected chi connectivity index (χ0v) is 13.7. The third-order valence-corrected chi connectivity index (χ3v) is 3.95. The summed E-state index contributed by atoms with van der Waals surface area (Å²) >= 11 is 0. The first kappa shape index (κ1) is 15.0. The fourth-order valence-corrected chi connectivity index (χ4v) is 2.56. The molecule has 0 saturated carbocycles. The molecule has 2 aromatic heterocycles. The van der Waals surface area contributed by atoms with Crippen LogP contribution in [0.3, 0.4) is 0 Å². The Hall–Kier alpha value is -3.54. The van der Waals surface area contributed by atoms with Crippen LogP contribution in [0, 0.1) is 6.92 Å². The summed E-state index contributed by atoms with van der Waals surface area (Å²) in [5, 5.41) is 5.55. The minimum Gasteiger partial charge on any atom is -0.398 e. The normalized spacial score (nSPS) is 11.4. The van der Waals surface area contributed by atoms with Crippen LogP contribution in [0.25, 0.3) is 23.1 Å². The number of aryl methyl sites for hydroxylation is 1. The first-order chi connectivity index (χ1) is 12.2. The van der Waals surface area contributed by atoms with Gasteiger partial charge in [0.15, 0.2) is 5.75 Å². The molecular formula is C19H17N5O. The molecule has 0 radical (unpaired) electrons. The van der Waals surface area contributed by atoms with E-state index in [0.29, 0.717) is 11.4 Å². The topological polar surface area (TPSA) is 81.8 Å². The number of nitrogens with zero attached hydrogens (tertiary/aromatic N) is 3. The average Bonchev–Trinajstić information content (AvgIpc) is 3.25. The molecule has 25 heavy (non-hydrogen) atoms. The SMILES string of the molecule is Cc1ccc(On2nc(C=Cc3ncc[nH]3)c3ccccc32)cc1N. The number of benzene rings is 2. The number of para-hydroxylation sites is 1. The Morgan fingerprint density at radius 3 is 2.84 bits per heavy atom. The largest absolute Gasteiger partial charge is 0.398 e. The van der Waals surface area contributed by atoms with E-state index in [9.17, 15) is 0 Å². The van der Waals surface area contributed by atoms with Gasteiger partial charge in [0.05, 0.1) is 5.69 Å². The molecule has 124 valence electrons. The predicted octanol–water partition coefficient (Wildman–Crippen LogP) is 3.66. The van der Waals surface area contributed by atoms with Crippen molar-refractivity contribution in [1.29, 1.82) is 0 Å². The molecule has 0 saturated heterocycles. The van der Waals surface area contributed by atoms with Gasteiger partial charge in [0.1, 0.15) is 11.3 Å². The van der Waals surface area contributed by atoms with E-state index in [1.807, 2.05) is 55.5 Å². The number of nitrogen functional groups attached to an aromatic ring is 1. The van der Waals surface area contributed by atoms with Gasteiger partial charge in [-0.3, -0.25) is 0 Å². The quantitative estimate of drug-likeness (QED) is 0.559. The minimum absolute atomic E-state index is 0.637. The van der Waals surface area contributed by atoms with Crippen LogP contribution in [0.1, 0.15) is 17.1 Å². The van der Waals surface area contributed by atoms with Crippen molar-refractivity contribution in [2.75, 3.05) is 5.73 Å². The molecule has 4 rings (SSSR count). The lowest BCUT2D eigenvalue weighted by molar-refractivity contribution is 0.191. The number of rotatable bonds is 4. The molecule has 6 heteroatoms. The Morgan fingerprint density at radius 1 is 1.16 bits per heavy atom. The van der Waals surface area contributed by atoms with Crippen LogP contribution in [0.4, 0.5) is 5.69 Å². The molecule has 0 spiro atoms. The molecule has 0 aliphatic rings. The van der Waals surface area contributed by atoms with E-state index >= 15 is 0 Å². The maximum Gasteiger partial charge on any atom is 0.160 e. The second-order valence-electron chi connectivity index (χ2n) is 5.69. The number of aromatic amines is 1. The second kappa shape index (κ2) is 6.16. The smallest absolute Gasteiger partial charge is 0.160 e. The minimum atomic E-state index is 0.637. The fraction of sp³-hybridized carbons (Fsp3) is 0.0526. The number of imidazole rings is 1. The van der Waals surface area contributed by atoms with Gasteiger partial charge < -0.3 is 15.6 Å². The first-order valence-electron chi connectivity index (χ1n) is 7.90. The maximum atomic E-state index is 5.96. The van der Waals surface area contributed by atoms with Gasteiger partial charge in [0.2, 0.25) is 0 Å². The monoisotopic (exact) mass is 331 g/mol. The molecular weight excluding hydrogens is 314 g/mol. The van der Waals surface area contributed by atoms with Gasteiger partial charge >= 0.3 is 0 Å². The van der Waals surface area contributed by atoms with E-state index < -0.39 is 0 Å². The Kier molecular flexibility index (Phi) is 3.70. The number of nitrogens with two attached hydrogens (primary N) is 1. The van der Waals surface area contributed by atoms with Crippen LogP contribution >= 0.6 is 0 Å². The highest BCUT2D eigenvalue weighted by Gasteiger charge is 2.10. The van der Waals surface area contributed by atoms with E-state index in [2.05, 4.69) is 15.1 Å². The fourth-order valence-electron chi connectivity index (χ4n) is 2.56. The lowest BCUT2D eigenvalue weighted by atomic mass is 10.2. The van der Waals surface area contributed by atoms with Gasteiger partial charge in [0.25, 0.3) is 0 Å². The Bertz CT molecular complexity index is 1050. The summed E-state index contributed by atoms with van der Waals surface area (Å²) in [5.41, 5.74) is 9.34. The third kappa shape index (κ3) is 2.97. The van der Waals surface area contributed by atoms with Gasteiger partial charge in [-0.1, -0.05) is 29.1 Å². The van der Waals surface area contributed by atoms with Crippen LogP contribution < -0.4 is 10.6 Å². The third-order valence-electron chi connectivity index (χ3n) is 3.95. The van der Waals surface area contributed by atoms with Gasteiger partial charge in [0, 0.05) is 29.5 Å². The van der Waals surface area contributed by atoms with Gasteiger partial charge in [-0.05, 0) is 36.8 Å². The van der Waals surface area contributed by atoms with Crippen LogP contribution in [-0.2, 0) is 0 Å². The molecule has 0 aliphatic carbocycles. The van der Waals surface area contributed by atoms with E-state index in [4.69, 9.17) is 10.6 Å². The molecule has 0 aliphatic heterocycles. The van der Waals surface area contributed by atoms with Crippen LogP contribution in [0.2, 0.25) is 0 Å². The second-order valence-corrected chi connectivity index (χ2v) is 5.69. The summed E-state index contributed by atoms with van der Waals surface area (Å²) in [5.74, 6) is 1.41. The standard InChI is InChI=1S/C19H17N5O/c1-13-6-7-14(12-16(13)20)25-24-18-5-3-2-4-15(18)17(23-24)8-9-19-21-10-11-22-19/h2-12H,20H2,1H3,(H,21,22). The highest BCUT2D eigenvalue weighted by molar-refractivity contribution is 5.89. The Morgan fingerprint density at radius 2 is 2.04 bits per heavy atom. The first-order valence-corrected chi connectivity index (χ1v) is 7.90. The van der Waals surface area contributed by atoms with Crippen molar-refractivity contribution in [2.45, 2.75) is 6.92 Å². The van der Waals surface area contributed by atoms with Crippen molar-refractivity contribution >= 4 is 28.7 Å². The molecule has 0 fully saturated rings. The van der Waals surface area contributed by atoms with Crippen LogP contribution in [0.15, 0.2) is 54.9 Å². The van der Waals surface area contributed by atoms with E-state index in [1.165, 1.54) is 4.85 Å². The molecule has 2 aromatic carbocycles. The zero-order valence-electron chi connectivity index (χ0n) is 13.7. The van der Waals surface area contributed by atoms with Crippen molar-refractivity contribution in [3.8, 4) is 5.75 Å². The van der Waals surface area contributed by atoms with Crippen molar-refractivity contribution in [1.82, 2.24) is 19.9 Å². The molecule has 0 bridgehead atoms. The number of anilines is 1. The number of hydrogen-bond acceptors (Lipinski definition) is 4. The van der Waals surface area contributed by atoms with Crippen LogP contribution in [-0.4, -0.2) is 19.9 Å². The van der Waals surface area contributed by atoms with Crippen molar-refractivity contribution in [3.63, 3.8) is 0 Å². The summed E-state index contributed by atoms with van der Waals surface area (Å²) in [7, 11) is 0. The molecule has 0 atom stereocenters. The average molecular weight is 331 g/mol. The van der Waals surface area contributed by atoms with E-state index in [-0.39, 0.29) is 0 Å². The van der Waals surface area contributed by atoms with E-state index in [0.717, 1.165) is 28.0 Å². The highest BCUT2D eigenvalue weighted by Crippen LogP contribution is 2.23. The Balaban J connectivity index is 1.72. The highest BCUT2D eigenvalue weighted by atomic mass is 16.7. The number of hydrogen-bond donors (Lipinski definition) is 2. The summed E-state index contributed by atoms with van der Waals surface area (Å²) in [6.07, 6.45) is 7.27. The van der Waals surface area contributed by atoms with Crippen LogP contribution in [0.5, 0.6) is 5.75 Å². The number of nitrogens with one attached hydrogen (secondary N) is 1. The predicted molar refractivity (Wildman–Crippen MR) is 98.9 cm³/mol. The molecule has 3 N–H and O–H groups in total. The summed E-state index contributed by atoms with van der Waals surface area (Å²) in [4.78, 5) is 14.6. The number of aromatic nitrogens is 4. The lowest BCUT2D eigenvalue weighted by Gasteiger charge is -2.07. The van der Waals surface area contributed by atoms with Gasteiger partial charge in [-0.15, -0.1) is 5.10 Å². The van der Waals surface area contributed by atoms with Crippen molar-refractivity contribution < 1.29 is 4.84 Å². The van der Waals surface area contributed by atoms with Crippen molar-refractivity contribution in [2.24, 2.45) is 0 Å². The molecule has 4 aromatic rings. The summed E-state index contributed by atoms with van der Waals surface area (Å²) in [6.45, 7) is 1.96. The lowest BCUT2D eigenvalue weighted by Crippen LogP contribution is -2.07. The van der Waals surface area contributed by atoms with E-state index in [1.54, 1.807) is 18.5 Å². The molecule has 0 amide bonds.